The average molecular weight is 355 g/mol. The number of nitrogens with one attached hydrogen (secondary N) is 1. The summed E-state index contributed by atoms with van der Waals surface area (Å²) in [7, 11) is 2.32. The second-order valence-electron chi connectivity index (χ2n) is 4.94. The van der Waals surface area contributed by atoms with Gasteiger partial charge in [-0.05, 0) is 24.3 Å². The van der Waals surface area contributed by atoms with E-state index in [0.29, 0.717) is 11.3 Å². The molecule has 0 aliphatic carbocycles. The summed E-state index contributed by atoms with van der Waals surface area (Å²) in [5.74, 6) is -2.20. The number of hydrogen-bond acceptors (Lipinski definition) is 6. The fourth-order valence-corrected chi connectivity index (χ4v) is 1.96. The first-order valence-electron chi connectivity index (χ1n) is 7.56. The number of amides is 1. The van der Waals surface area contributed by atoms with Gasteiger partial charge in [-0.25, -0.2) is 9.59 Å². The Balaban J connectivity index is 2.27. The van der Waals surface area contributed by atoms with Gasteiger partial charge in [0.05, 0.1) is 26.0 Å². The van der Waals surface area contributed by atoms with Crippen LogP contribution < -0.4 is 10.1 Å². The Morgan fingerprint density at radius 2 is 1.54 bits per heavy atom. The zero-order chi connectivity index (χ0) is 18.9. The van der Waals surface area contributed by atoms with Crippen molar-refractivity contribution < 1.29 is 28.6 Å². The van der Waals surface area contributed by atoms with Crippen molar-refractivity contribution in [2.75, 3.05) is 19.5 Å². The van der Waals surface area contributed by atoms with Crippen LogP contribution in [0.15, 0.2) is 66.4 Å². The summed E-state index contributed by atoms with van der Waals surface area (Å²) in [5.41, 5.74) is 0.779. The van der Waals surface area contributed by atoms with E-state index in [1.807, 2.05) is 0 Å². The molecule has 0 unspecified atom stereocenters. The minimum atomic E-state index is -0.861. The van der Waals surface area contributed by atoms with E-state index in [9.17, 15) is 14.4 Å². The van der Waals surface area contributed by atoms with Crippen molar-refractivity contribution in [3.63, 3.8) is 0 Å². The van der Waals surface area contributed by atoms with Crippen molar-refractivity contribution in [1.29, 1.82) is 0 Å². The summed E-state index contributed by atoms with van der Waals surface area (Å²) >= 11 is 0. The first-order valence-corrected chi connectivity index (χ1v) is 7.56. The standard InChI is InChI=1S/C19H17NO6/c1-24-17(21)12-16(19(23)25-2)26-15-11-7-6-10-14(15)20-18(22)13-8-4-3-5-9-13/h3-12H,1-2H3,(H,20,22)/b16-12-. The van der Waals surface area contributed by atoms with Gasteiger partial charge < -0.3 is 19.5 Å². The molecule has 0 bridgehead atoms. The molecule has 0 heterocycles. The number of anilines is 1. The van der Waals surface area contributed by atoms with Gasteiger partial charge in [-0.2, -0.15) is 0 Å². The van der Waals surface area contributed by atoms with Crippen LogP contribution in [0.1, 0.15) is 10.4 Å². The van der Waals surface area contributed by atoms with Crippen LogP contribution in [0, 0.1) is 0 Å². The number of para-hydroxylation sites is 2. The van der Waals surface area contributed by atoms with Gasteiger partial charge in [0.2, 0.25) is 5.76 Å². The third-order valence-electron chi connectivity index (χ3n) is 3.23. The van der Waals surface area contributed by atoms with Crippen molar-refractivity contribution in [2.24, 2.45) is 0 Å². The van der Waals surface area contributed by atoms with Crippen LogP contribution in [0.4, 0.5) is 5.69 Å². The maximum atomic E-state index is 12.3. The van der Waals surface area contributed by atoms with Crippen LogP contribution in [0.2, 0.25) is 0 Å². The van der Waals surface area contributed by atoms with Crippen LogP contribution in [0.3, 0.4) is 0 Å². The molecular formula is C19H17NO6. The van der Waals surface area contributed by atoms with Gasteiger partial charge in [0.25, 0.3) is 5.91 Å². The lowest BCUT2D eigenvalue weighted by atomic mass is 10.2. The zero-order valence-corrected chi connectivity index (χ0v) is 14.2. The van der Waals surface area contributed by atoms with E-state index in [1.165, 1.54) is 13.2 Å². The smallest absolute Gasteiger partial charge is 0.374 e. The number of carbonyl (C=O) groups is 3. The molecule has 0 aliphatic heterocycles. The molecule has 1 N–H and O–H groups in total. The lowest BCUT2D eigenvalue weighted by molar-refractivity contribution is -0.140. The molecule has 2 rings (SSSR count). The first-order chi connectivity index (χ1) is 12.5. The molecule has 0 saturated heterocycles. The molecular weight excluding hydrogens is 338 g/mol. The van der Waals surface area contributed by atoms with Crippen molar-refractivity contribution in [3.05, 3.63) is 72.0 Å². The number of ether oxygens (including phenoxy) is 3. The molecule has 1 amide bonds. The van der Waals surface area contributed by atoms with Gasteiger partial charge in [0, 0.05) is 5.56 Å². The summed E-state index contributed by atoms with van der Waals surface area (Å²) in [5, 5.41) is 2.70. The first kappa shape index (κ1) is 18.7. The number of hydrogen-bond donors (Lipinski definition) is 1. The Bertz CT molecular complexity index is 829. The molecule has 0 radical (unpaired) electrons. The van der Waals surface area contributed by atoms with E-state index in [0.717, 1.165) is 13.2 Å². The Hall–Kier alpha value is -3.61. The van der Waals surface area contributed by atoms with E-state index in [-0.39, 0.29) is 17.4 Å². The van der Waals surface area contributed by atoms with Gasteiger partial charge in [-0.3, -0.25) is 4.79 Å². The zero-order valence-electron chi connectivity index (χ0n) is 14.2. The number of esters is 2. The van der Waals surface area contributed by atoms with E-state index < -0.39 is 11.9 Å². The van der Waals surface area contributed by atoms with Crippen molar-refractivity contribution in [1.82, 2.24) is 0 Å². The number of methoxy groups -OCH3 is 2. The predicted molar refractivity (Wildman–Crippen MR) is 93.6 cm³/mol. The van der Waals surface area contributed by atoms with Gasteiger partial charge in [-0.1, -0.05) is 30.3 Å². The van der Waals surface area contributed by atoms with E-state index in [4.69, 9.17) is 4.74 Å². The van der Waals surface area contributed by atoms with Crippen LogP contribution in [0.25, 0.3) is 0 Å². The van der Waals surface area contributed by atoms with Crippen LogP contribution in [0.5, 0.6) is 5.75 Å². The average Bonchev–Trinajstić information content (AvgIpc) is 2.68. The molecule has 2 aromatic rings. The second kappa shape index (κ2) is 9.03. The maximum Gasteiger partial charge on any atom is 0.374 e. The third kappa shape index (κ3) is 4.94. The van der Waals surface area contributed by atoms with E-state index in [1.54, 1.807) is 48.5 Å². The highest BCUT2D eigenvalue weighted by molar-refractivity contribution is 6.05. The summed E-state index contributed by atoms with van der Waals surface area (Å²) in [6.45, 7) is 0. The van der Waals surface area contributed by atoms with Crippen molar-refractivity contribution in [3.8, 4) is 5.75 Å². The SMILES string of the molecule is COC(=O)/C=C(\Oc1ccccc1NC(=O)c1ccccc1)C(=O)OC. The highest BCUT2D eigenvalue weighted by Crippen LogP contribution is 2.26. The van der Waals surface area contributed by atoms with Crippen molar-refractivity contribution >= 4 is 23.5 Å². The topological polar surface area (TPSA) is 90.9 Å². The molecule has 2 aromatic carbocycles. The fraction of sp³-hybridized carbons (Fsp3) is 0.105. The van der Waals surface area contributed by atoms with E-state index >= 15 is 0 Å². The van der Waals surface area contributed by atoms with Crippen LogP contribution in [-0.2, 0) is 19.1 Å². The van der Waals surface area contributed by atoms with Gasteiger partial charge >= 0.3 is 11.9 Å². The summed E-state index contributed by atoms with van der Waals surface area (Å²) in [4.78, 5) is 35.6. The molecule has 7 heteroatoms. The van der Waals surface area contributed by atoms with Gasteiger partial charge in [-0.15, -0.1) is 0 Å². The monoisotopic (exact) mass is 355 g/mol. The van der Waals surface area contributed by atoms with Crippen LogP contribution >= 0.6 is 0 Å². The highest BCUT2D eigenvalue weighted by atomic mass is 16.6. The lowest BCUT2D eigenvalue weighted by Crippen LogP contribution is -2.16. The molecule has 0 aromatic heterocycles. The molecule has 134 valence electrons. The highest BCUT2D eigenvalue weighted by Gasteiger charge is 2.18. The normalized spacial score (nSPS) is 10.6. The summed E-state index contributed by atoms with van der Waals surface area (Å²) in [6.07, 6.45) is 0.863. The third-order valence-corrected chi connectivity index (χ3v) is 3.23. The lowest BCUT2D eigenvalue weighted by Gasteiger charge is -2.13. The van der Waals surface area contributed by atoms with Gasteiger partial charge in [0.15, 0.2) is 5.75 Å². The number of benzene rings is 2. The minimum absolute atomic E-state index is 0.164. The van der Waals surface area contributed by atoms with Crippen molar-refractivity contribution in [2.45, 2.75) is 0 Å². The maximum absolute atomic E-state index is 12.3. The van der Waals surface area contributed by atoms with E-state index in [2.05, 4.69) is 14.8 Å². The van der Waals surface area contributed by atoms with Gasteiger partial charge in [0.1, 0.15) is 0 Å². The van der Waals surface area contributed by atoms with Crippen LogP contribution in [-0.4, -0.2) is 32.1 Å². The summed E-state index contributed by atoms with van der Waals surface area (Å²) < 4.78 is 14.6. The number of rotatable bonds is 6. The molecule has 7 nitrogen and oxygen atoms in total. The molecule has 0 fully saturated rings. The fourth-order valence-electron chi connectivity index (χ4n) is 1.96. The Morgan fingerprint density at radius 1 is 0.885 bits per heavy atom. The quantitative estimate of drug-likeness (QED) is 0.486. The Morgan fingerprint density at radius 3 is 2.19 bits per heavy atom. The molecule has 0 atom stereocenters. The number of carbonyl (C=O) groups excluding carboxylic acids is 3. The second-order valence-corrected chi connectivity index (χ2v) is 4.94. The molecule has 0 saturated carbocycles. The molecule has 26 heavy (non-hydrogen) atoms. The minimum Gasteiger partial charge on any atom is -0.466 e. The molecule has 0 aliphatic rings. The Kier molecular flexibility index (Phi) is 6.50. The Labute approximate surface area is 150 Å². The molecule has 0 spiro atoms. The predicted octanol–water partition coefficient (Wildman–Crippen LogP) is 2.55. The largest absolute Gasteiger partial charge is 0.466 e. The summed E-state index contributed by atoms with van der Waals surface area (Å²) in [6, 6.07) is 15.1.